The largest absolute Gasteiger partial charge is 0.507 e. The number of phenols is 3. The van der Waals surface area contributed by atoms with Crippen LogP contribution in [-0.2, 0) is 41.4 Å². The molecule has 0 amide bonds. The summed E-state index contributed by atoms with van der Waals surface area (Å²) in [5, 5.41) is 165. The summed E-state index contributed by atoms with van der Waals surface area (Å²) >= 11 is 0. The molecule has 1 saturated carbocycles. The van der Waals surface area contributed by atoms with Crippen molar-refractivity contribution in [3.8, 4) is 46.2 Å². The first-order valence-corrected chi connectivity index (χ1v) is 26.9. The fourth-order valence-corrected chi connectivity index (χ4v) is 12.9. The Kier molecular flexibility index (Phi) is 14.7. The Hall–Kier alpha value is -7.20. The number of hydrogen-bond donors (Lipinski definition) is 17. The summed E-state index contributed by atoms with van der Waals surface area (Å²) in [6.07, 6.45) is -7.79. The summed E-state index contributed by atoms with van der Waals surface area (Å²) in [4.78, 5) is 59.2. The van der Waals surface area contributed by atoms with Crippen LogP contribution in [0.4, 0.5) is 0 Å². The highest BCUT2D eigenvalue weighted by molar-refractivity contribution is 5.90. The Morgan fingerprint density at radius 1 is 0.904 bits per heavy atom. The second-order valence-corrected chi connectivity index (χ2v) is 22.3. The van der Waals surface area contributed by atoms with Gasteiger partial charge < -0.3 is 105 Å². The number of nitrogens with one attached hydrogen (secondary N) is 3. The summed E-state index contributed by atoms with van der Waals surface area (Å²) in [5.41, 5.74) is -6.91. The zero-order valence-electron chi connectivity index (χ0n) is 44.0. The van der Waals surface area contributed by atoms with Gasteiger partial charge in [0.15, 0.2) is 34.9 Å². The minimum atomic E-state index is -4.08. The van der Waals surface area contributed by atoms with Crippen molar-refractivity contribution >= 4 is 28.7 Å². The fourth-order valence-electron chi connectivity index (χ4n) is 12.9. The monoisotopic (exact) mass is 1160 g/mol. The molecule has 2 spiro atoms. The molecule has 7 aliphatic rings. The van der Waals surface area contributed by atoms with Crippen LogP contribution in [0.3, 0.4) is 0 Å². The number of aromatic nitrogens is 1. The second kappa shape index (κ2) is 21.1. The molecule has 2 aromatic carbocycles. The average molecular weight is 1160 g/mol. The van der Waals surface area contributed by atoms with Crippen molar-refractivity contribution in [2.45, 2.75) is 135 Å². The molecule has 17 N–H and O–H groups in total. The molecule has 442 valence electrons. The number of aliphatic hydroxyl groups is 10. The number of ketones is 1. The van der Waals surface area contributed by atoms with Gasteiger partial charge in [0.2, 0.25) is 17.2 Å². The number of phenolic OH excluding ortho intramolecular Hbond substituents is 3. The fraction of sp³-hybridized carbons (Fsp3) is 0.474. The average Bonchev–Trinajstić information content (AvgIpc) is 1.80. The van der Waals surface area contributed by atoms with Crippen LogP contribution in [0.25, 0.3) is 22.3 Å². The van der Waals surface area contributed by atoms with Crippen molar-refractivity contribution in [2.24, 2.45) is 11.8 Å². The van der Waals surface area contributed by atoms with E-state index in [2.05, 4.69) is 21.5 Å². The van der Waals surface area contributed by atoms with E-state index in [1.807, 2.05) is 12.0 Å². The molecule has 1 aliphatic carbocycles. The molecular weight excluding hydrogens is 1090 g/mol. The van der Waals surface area contributed by atoms with Crippen molar-refractivity contribution in [1.29, 1.82) is 0 Å². The van der Waals surface area contributed by atoms with E-state index in [4.69, 9.17) is 23.4 Å². The second-order valence-electron chi connectivity index (χ2n) is 22.3. The van der Waals surface area contributed by atoms with Gasteiger partial charge in [-0.1, -0.05) is 24.5 Å². The van der Waals surface area contributed by atoms with Gasteiger partial charge in [-0.2, -0.15) is 0 Å². The number of esters is 1. The van der Waals surface area contributed by atoms with Gasteiger partial charge in [0.1, 0.15) is 53.1 Å². The van der Waals surface area contributed by atoms with Gasteiger partial charge in [0, 0.05) is 96.9 Å². The number of carboxylic acid groups (broad SMARTS) is 1. The molecule has 14 atom stereocenters. The summed E-state index contributed by atoms with van der Waals surface area (Å²) in [6, 6.07) is 8.02. The lowest BCUT2D eigenvalue weighted by atomic mass is 9.74. The number of piperidine rings is 1. The maximum absolute atomic E-state index is 15.6. The number of aromatic amines is 1. The van der Waals surface area contributed by atoms with Crippen LogP contribution in [0, 0.1) is 23.7 Å². The third kappa shape index (κ3) is 9.18. The smallest absolute Gasteiger partial charge is 0.354 e. The number of carboxylic acids is 1. The highest BCUT2D eigenvalue weighted by Crippen LogP contribution is 2.56. The molecule has 4 aromatic rings. The zero-order chi connectivity index (χ0) is 59.3. The van der Waals surface area contributed by atoms with Gasteiger partial charge >= 0.3 is 11.9 Å². The summed E-state index contributed by atoms with van der Waals surface area (Å²) in [5.74, 6) is -16.9. The molecule has 1 unspecified atom stereocenters. The summed E-state index contributed by atoms with van der Waals surface area (Å²) < 4.78 is 31.6. The predicted octanol–water partition coefficient (Wildman–Crippen LogP) is -1.61. The summed E-state index contributed by atoms with van der Waals surface area (Å²) in [6.45, 7) is -2.58. The van der Waals surface area contributed by atoms with E-state index in [0.717, 1.165) is 49.5 Å². The van der Waals surface area contributed by atoms with E-state index in [1.54, 1.807) is 24.5 Å². The van der Waals surface area contributed by atoms with Crippen LogP contribution in [0.5, 0.6) is 23.0 Å². The Morgan fingerprint density at radius 3 is 2.40 bits per heavy atom. The van der Waals surface area contributed by atoms with Gasteiger partial charge in [-0.15, -0.1) is 0 Å². The van der Waals surface area contributed by atoms with Gasteiger partial charge in [0.25, 0.3) is 11.4 Å². The van der Waals surface area contributed by atoms with E-state index < -0.39 is 167 Å². The number of hydrogen-bond acceptors (Lipinski definition) is 24. The standard InChI is InChI=1S/C57H61N3O23/c61-11-7-27-13-28(16-37(66)43(27)67)38-19-36(65)42-39(79-38)20-40-41(44(42)68)34(29-15-35-26-4-1-5-32(14-26)60-50(35)59-22-29)18-30(17-31-6-2-10-58-31)56(80-40)47(71)45(69)46(70)53(82-56)8-3-9-54(51(74)75)57(77,78)49(73)48(72)55(83-54,81-52(53)76)21-25(23-62)12-33(64)24-63/h2,6,10,13,15-16,18-20,22,25-26,32,34,45-50,58-63,66-73,77-78H,1,4-5,7-8,11-12,14,17,21,23-24H2,(H,74,75)/t25-,26+,32-,34-,45+,46+,47-,48-,49-,50?,53+,54-,55+,56+/m1/s1. The van der Waals surface area contributed by atoms with E-state index in [0.29, 0.717) is 11.3 Å². The van der Waals surface area contributed by atoms with E-state index >= 15 is 4.79 Å². The first-order chi connectivity index (χ1) is 39.5. The SMILES string of the molecule is O=C(CO)C[C@@H](CO)C[C@]12OC(=O)[C@@]3(CC#C[C@](C(=O)O)(O1)C(O)(O)[C@H](O)[C@H]2O)O[C@]1(Oc2cc4oc(-c5cc(O)c(O)c(CCO)c5)cc(=O)c4c(O)c2[C@@H](C2=CNC4N[C@@H]5CCC[C@@H](C5)C4=C2)C=C1Cc1ccc[nH]1)[C@H](O)[C@@H](O)[C@@H]3O. The number of aromatic hydroxyl groups is 3. The molecule has 0 radical (unpaired) electrons. The predicted molar refractivity (Wildman–Crippen MR) is 280 cm³/mol. The third-order valence-electron chi connectivity index (χ3n) is 17.2. The zero-order valence-corrected chi connectivity index (χ0v) is 44.0. The molecule has 4 fully saturated rings. The van der Waals surface area contributed by atoms with Gasteiger partial charge in [0.05, 0.1) is 12.6 Å². The van der Waals surface area contributed by atoms with E-state index in [1.165, 1.54) is 12.1 Å². The lowest BCUT2D eigenvalue weighted by Gasteiger charge is -2.55. The van der Waals surface area contributed by atoms with Gasteiger partial charge in [-0.25, -0.2) is 9.59 Å². The lowest BCUT2D eigenvalue weighted by Crippen LogP contribution is -2.79. The molecular formula is C57H61N3O23. The van der Waals surface area contributed by atoms with E-state index in [-0.39, 0.29) is 59.0 Å². The number of aliphatic carboxylic acids is 1. The molecule has 4 bridgehead atoms. The van der Waals surface area contributed by atoms with Crippen molar-refractivity contribution in [3.63, 3.8) is 0 Å². The normalized spacial score (nSPS) is 33.6. The topological polar surface area (TPSA) is 441 Å². The molecule has 26 nitrogen and oxygen atoms in total. The third-order valence-corrected chi connectivity index (χ3v) is 17.2. The van der Waals surface area contributed by atoms with Gasteiger partial charge in [-0.3, -0.25) is 14.9 Å². The minimum absolute atomic E-state index is 0.0245. The number of rotatable bonds is 13. The molecule has 11 rings (SSSR count). The number of allylic oxidation sites excluding steroid dienone is 3. The van der Waals surface area contributed by atoms with Gasteiger partial charge in [-0.05, 0) is 78.9 Å². The number of Topliss-reactive ketones (excluding diaryl/α,β-unsaturated/α-hetero) is 1. The van der Waals surface area contributed by atoms with E-state index in [9.17, 15) is 85.9 Å². The van der Waals surface area contributed by atoms with Crippen LogP contribution in [0.2, 0.25) is 0 Å². The molecule has 3 saturated heterocycles. The molecule has 83 heavy (non-hydrogen) atoms. The van der Waals surface area contributed by atoms with Crippen molar-refractivity contribution in [1.82, 2.24) is 15.6 Å². The highest BCUT2D eigenvalue weighted by Gasteiger charge is 2.76. The number of aliphatic hydroxyl groups excluding tert-OH is 8. The maximum Gasteiger partial charge on any atom is 0.354 e. The number of carbonyl (C=O) groups is 3. The number of fused-ring (bicyclic) bond motifs is 8. The number of carbonyl (C=O) groups excluding carboxylic acids is 2. The number of dihydropyridines is 1. The van der Waals surface area contributed by atoms with Crippen molar-refractivity contribution in [2.75, 3.05) is 19.8 Å². The van der Waals surface area contributed by atoms with Crippen LogP contribution in [-0.4, -0.2) is 185 Å². The van der Waals surface area contributed by atoms with Crippen molar-refractivity contribution in [3.05, 3.63) is 105 Å². The minimum Gasteiger partial charge on any atom is -0.507 e. The first-order valence-electron chi connectivity index (χ1n) is 26.9. The Morgan fingerprint density at radius 2 is 1.69 bits per heavy atom. The van der Waals surface area contributed by atoms with Crippen LogP contribution in [0.15, 0.2) is 86.9 Å². The quantitative estimate of drug-likeness (QED) is 0.0235. The van der Waals surface area contributed by atoms with Crippen LogP contribution >= 0.6 is 0 Å². The molecule has 6 aliphatic heterocycles. The maximum atomic E-state index is 15.6. The number of ether oxygens (including phenoxy) is 4. The van der Waals surface area contributed by atoms with Crippen LogP contribution in [0.1, 0.15) is 67.7 Å². The van der Waals surface area contributed by atoms with Crippen molar-refractivity contribution < 1.29 is 109 Å². The molecule has 2 aromatic heterocycles. The number of benzene rings is 2. The Labute approximate surface area is 469 Å². The lowest BCUT2D eigenvalue weighted by molar-refractivity contribution is -0.432. The Bertz CT molecular complexity index is 3510. The van der Waals surface area contributed by atoms with Crippen LogP contribution < -0.4 is 20.8 Å². The number of H-pyrrole nitrogens is 1. The first kappa shape index (κ1) is 57.6. The molecule has 26 heteroatoms. The Balaban J connectivity index is 1.15. The molecule has 8 heterocycles. The summed E-state index contributed by atoms with van der Waals surface area (Å²) in [7, 11) is 0. The highest BCUT2D eigenvalue weighted by atomic mass is 16.8.